The minimum absolute atomic E-state index is 0.0754. The van der Waals surface area contributed by atoms with E-state index in [4.69, 9.17) is 9.29 Å². The molecule has 0 radical (unpaired) electrons. The van der Waals surface area contributed by atoms with E-state index in [0.717, 1.165) is 0 Å². The largest absolute Gasteiger partial charge is 0.461 e. The second-order valence-corrected chi connectivity index (χ2v) is 3.58. The highest BCUT2D eigenvalue weighted by atomic mass is 32.2. The maximum absolute atomic E-state index is 11.0. The first-order chi connectivity index (χ1) is 5.52. The van der Waals surface area contributed by atoms with Crippen LogP contribution in [0.15, 0.2) is 0 Å². The molecule has 4 atom stereocenters. The Bertz CT molecular complexity index is 220. The fourth-order valence-electron chi connectivity index (χ4n) is 1.11. The second kappa shape index (κ2) is 3.51. The normalized spacial score (nSPS) is 37.9. The highest BCUT2D eigenvalue weighted by Crippen LogP contribution is 2.21. The monoisotopic (exact) mass is 193 g/mol. The fourth-order valence-corrected chi connectivity index (χ4v) is 1.64. The fraction of sp³-hybridized carbons (Fsp3) is 0.833. The maximum Gasteiger partial charge on any atom is 0.324 e. The number of carbonyl (C=O) groups excluding carboxylic acids is 1. The van der Waals surface area contributed by atoms with E-state index in [1.54, 1.807) is 13.8 Å². The van der Waals surface area contributed by atoms with E-state index >= 15 is 0 Å². The predicted molar refractivity (Wildman–Crippen MR) is 42.4 cm³/mol. The Morgan fingerprint density at radius 1 is 1.58 bits per heavy atom. The van der Waals surface area contributed by atoms with Gasteiger partial charge in [0.15, 0.2) is 0 Å². The second-order valence-electron chi connectivity index (χ2n) is 2.85. The van der Waals surface area contributed by atoms with Crippen molar-refractivity contribution in [2.24, 2.45) is 5.92 Å². The highest BCUT2D eigenvalue weighted by Gasteiger charge is 2.39. The molecule has 0 amide bonds. The van der Waals surface area contributed by atoms with Gasteiger partial charge in [-0.15, -0.1) is 0 Å². The van der Waals surface area contributed by atoms with Crippen molar-refractivity contribution in [1.82, 2.24) is 4.72 Å². The van der Waals surface area contributed by atoms with Crippen molar-refractivity contribution in [3.63, 3.8) is 0 Å². The Morgan fingerprint density at radius 3 is 2.50 bits per heavy atom. The van der Waals surface area contributed by atoms with Gasteiger partial charge in [-0.25, -0.2) is 4.21 Å². The van der Waals surface area contributed by atoms with Gasteiger partial charge < -0.3 is 4.74 Å². The zero-order valence-corrected chi connectivity index (χ0v) is 7.63. The summed E-state index contributed by atoms with van der Waals surface area (Å²) in [7, 11) is 0. The average molecular weight is 193 g/mol. The standard InChI is InChI=1S/C6H11NO4S/c1-3-4(2)11-6(8)5(3)7-12(9)10/h3-5,7H,1-2H3,(H,9,10)/t3-,4-,5-/m0/s1. The summed E-state index contributed by atoms with van der Waals surface area (Å²) in [5, 5.41) is 0. The molecule has 0 spiro atoms. The summed E-state index contributed by atoms with van der Waals surface area (Å²) in [4.78, 5) is 11.0. The molecule has 1 aliphatic rings. The van der Waals surface area contributed by atoms with Crippen LogP contribution < -0.4 is 4.72 Å². The zero-order valence-electron chi connectivity index (χ0n) is 6.81. The molecule has 0 aliphatic carbocycles. The molecule has 0 saturated carbocycles. The molecule has 12 heavy (non-hydrogen) atoms. The molecule has 1 rings (SSSR count). The van der Waals surface area contributed by atoms with E-state index in [9.17, 15) is 9.00 Å². The molecule has 1 heterocycles. The van der Waals surface area contributed by atoms with Crippen LogP contribution in [0.2, 0.25) is 0 Å². The average Bonchev–Trinajstić information content (AvgIpc) is 2.16. The summed E-state index contributed by atoms with van der Waals surface area (Å²) < 4.78 is 25.9. The van der Waals surface area contributed by atoms with E-state index < -0.39 is 23.3 Å². The maximum atomic E-state index is 11.0. The van der Waals surface area contributed by atoms with Crippen molar-refractivity contribution >= 4 is 17.2 Å². The van der Waals surface area contributed by atoms with Crippen LogP contribution in [0.3, 0.4) is 0 Å². The topological polar surface area (TPSA) is 75.6 Å². The van der Waals surface area contributed by atoms with Gasteiger partial charge in [0.25, 0.3) is 0 Å². The molecule has 1 fully saturated rings. The molecule has 0 aromatic rings. The van der Waals surface area contributed by atoms with Crippen molar-refractivity contribution in [2.75, 3.05) is 0 Å². The van der Waals surface area contributed by atoms with Crippen LogP contribution >= 0.6 is 0 Å². The van der Waals surface area contributed by atoms with Crippen LogP contribution in [0.1, 0.15) is 13.8 Å². The number of ether oxygens (including phenoxy) is 1. The van der Waals surface area contributed by atoms with Crippen LogP contribution in [0, 0.1) is 5.92 Å². The number of rotatable bonds is 2. The third-order valence-electron chi connectivity index (χ3n) is 2.05. The van der Waals surface area contributed by atoms with Gasteiger partial charge in [-0.05, 0) is 6.92 Å². The van der Waals surface area contributed by atoms with Gasteiger partial charge in [0, 0.05) is 5.92 Å². The third-order valence-corrected chi connectivity index (χ3v) is 2.51. The van der Waals surface area contributed by atoms with Crippen LogP contribution in [-0.2, 0) is 20.8 Å². The van der Waals surface area contributed by atoms with Gasteiger partial charge in [-0.1, -0.05) is 6.92 Å². The van der Waals surface area contributed by atoms with Crippen molar-refractivity contribution in [1.29, 1.82) is 0 Å². The number of cyclic esters (lactones) is 1. The van der Waals surface area contributed by atoms with E-state index in [0.29, 0.717) is 0 Å². The number of esters is 1. The summed E-state index contributed by atoms with van der Waals surface area (Å²) >= 11 is -2.16. The molecule has 70 valence electrons. The number of nitrogens with one attached hydrogen (secondary N) is 1. The SMILES string of the molecule is C[C@H]1[C@H](C)OC(=O)[C@H]1NS(=O)O. The Balaban J connectivity index is 2.63. The van der Waals surface area contributed by atoms with Crippen LogP contribution in [-0.4, -0.2) is 26.9 Å². The molecule has 0 aromatic carbocycles. The molecule has 1 unspecified atom stereocenters. The van der Waals surface area contributed by atoms with Gasteiger partial charge in [0.05, 0.1) is 0 Å². The summed E-state index contributed by atoms with van der Waals surface area (Å²) in [5.74, 6) is -0.536. The van der Waals surface area contributed by atoms with Crippen LogP contribution in [0.4, 0.5) is 0 Å². The Labute approximate surface area is 72.9 Å². The molecule has 0 aromatic heterocycles. The first-order valence-electron chi connectivity index (χ1n) is 3.60. The molecule has 1 aliphatic heterocycles. The highest BCUT2D eigenvalue weighted by molar-refractivity contribution is 7.77. The molecule has 2 N–H and O–H groups in total. The van der Waals surface area contributed by atoms with Crippen molar-refractivity contribution in [3.8, 4) is 0 Å². The third kappa shape index (κ3) is 1.82. The summed E-state index contributed by atoms with van der Waals surface area (Å²) in [6.07, 6.45) is -0.196. The van der Waals surface area contributed by atoms with Crippen molar-refractivity contribution in [2.45, 2.75) is 26.0 Å². The molecule has 1 saturated heterocycles. The molecule has 5 nitrogen and oxygen atoms in total. The lowest BCUT2D eigenvalue weighted by Gasteiger charge is -2.10. The van der Waals surface area contributed by atoms with Gasteiger partial charge in [0.2, 0.25) is 11.3 Å². The number of carbonyl (C=O) groups is 1. The van der Waals surface area contributed by atoms with E-state index in [1.165, 1.54) is 0 Å². The lowest BCUT2D eigenvalue weighted by molar-refractivity contribution is -0.142. The lowest BCUT2D eigenvalue weighted by Crippen LogP contribution is -2.38. The Kier molecular flexibility index (Phi) is 2.81. The van der Waals surface area contributed by atoms with Gasteiger partial charge in [-0.3, -0.25) is 9.35 Å². The first kappa shape index (κ1) is 9.63. The quantitative estimate of drug-likeness (QED) is 0.465. The smallest absolute Gasteiger partial charge is 0.324 e. The zero-order chi connectivity index (χ0) is 9.30. The molecule has 6 heteroatoms. The molecular weight excluding hydrogens is 182 g/mol. The van der Waals surface area contributed by atoms with E-state index in [1.807, 2.05) is 0 Å². The number of hydrogen-bond donors (Lipinski definition) is 2. The van der Waals surface area contributed by atoms with Crippen LogP contribution in [0.5, 0.6) is 0 Å². The van der Waals surface area contributed by atoms with Crippen LogP contribution in [0.25, 0.3) is 0 Å². The van der Waals surface area contributed by atoms with Gasteiger partial charge in [0.1, 0.15) is 12.1 Å². The van der Waals surface area contributed by atoms with E-state index in [-0.39, 0.29) is 12.0 Å². The summed E-state index contributed by atoms with van der Waals surface area (Å²) in [5.41, 5.74) is 0. The molecule has 0 bridgehead atoms. The lowest BCUT2D eigenvalue weighted by atomic mass is 10.0. The summed E-state index contributed by atoms with van der Waals surface area (Å²) in [6.45, 7) is 3.55. The van der Waals surface area contributed by atoms with Crippen molar-refractivity contribution < 1.29 is 18.3 Å². The predicted octanol–water partition coefficient (Wildman–Crippen LogP) is -0.337. The van der Waals surface area contributed by atoms with Crippen molar-refractivity contribution in [3.05, 3.63) is 0 Å². The van der Waals surface area contributed by atoms with Gasteiger partial charge >= 0.3 is 5.97 Å². The van der Waals surface area contributed by atoms with E-state index in [2.05, 4.69) is 4.72 Å². The number of hydrogen-bond acceptors (Lipinski definition) is 3. The van der Waals surface area contributed by atoms with Gasteiger partial charge in [-0.2, -0.15) is 4.72 Å². The first-order valence-corrected chi connectivity index (χ1v) is 4.70. The Morgan fingerprint density at radius 2 is 2.17 bits per heavy atom. The minimum Gasteiger partial charge on any atom is -0.461 e. The Hall–Kier alpha value is -0.460. The molecular formula is C6H11NO4S. The minimum atomic E-state index is -2.16. The summed E-state index contributed by atoms with van der Waals surface area (Å²) in [6, 6.07) is -0.661.